The second kappa shape index (κ2) is 7.39. The van der Waals surface area contributed by atoms with Gasteiger partial charge in [-0.25, -0.2) is 0 Å². The molecule has 2 aliphatic heterocycles. The Labute approximate surface area is 116 Å². The van der Waals surface area contributed by atoms with E-state index in [1.54, 1.807) is 0 Å². The lowest BCUT2D eigenvalue weighted by Crippen LogP contribution is -2.50. The minimum atomic E-state index is 0.0681. The zero-order valence-corrected chi connectivity index (χ0v) is 12.4. The van der Waals surface area contributed by atoms with E-state index in [0.717, 1.165) is 19.6 Å². The molecule has 4 nitrogen and oxygen atoms in total. The van der Waals surface area contributed by atoms with E-state index in [-0.39, 0.29) is 12.3 Å². The Morgan fingerprint density at radius 1 is 1.37 bits per heavy atom. The summed E-state index contributed by atoms with van der Waals surface area (Å²) >= 11 is 0. The Morgan fingerprint density at radius 2 is 2.21 bits per heavy atom. The molecule has 4 atom stereocenters. The number of ether oxygens (including phenoxy) is 2. The number of rotatable bonds is 6. The van der Waals surface area contributed by atoms with Gasteiger partial charge >= 0.3 is 0 Å². The number of hydrogen-bond acceptors (Lipinski definition) is 4. The van der Waals surface area contributed by atoms with Crippen molar-refractivity contribution in [2.45, 2.75) is 58.0 Å². The summed E-state index contributed by atoms with van der Waals surface area (Å²) in [7, 11) is 0. The molecule has 1 fully saturated rings. The van der Waals surface area contributed by atoms with Crippen molar-refractivity contribution in [3.05, 3.63) is 12.2 Å². The van der Waals surface area contributed by atoms with Gasteiger partial charge in [0.15, 0.2) is 0 Å². The minimum absolute atomic E-state index is 0.0681. The van der Waals surface area contributed by atoms with Crippen LogP contribution in [0.3, 0.4) is 0 Å². The van der Waals surface area contributed by atoms with Crippen LogP contribution in [0.25, 0.3) is 0 Å². The summed E-state index contributed by atoms with van der Waals surface area (Å²) in [5.74, 6) is 0.622. The molecule has 19 heavy (non-hydrogen) atoms. The fourth-order valence-electron chi connectivity index (χ4n) is 2.69. The van der Waals surface area contributed by atoms with Crippen molar-refractivity contribution in [2.75, 3.05) is 19.8 Å². The maximum atomic E-state index is 6.02. The molecule has 2 aliphatic rings. The van der Waals surface area contributed by atoms with Crippen molar-refractivity contribution in [2.24, 2.45) is 5.92 Å². The number of hydrogen-bond donors (Lipinski definition) is 2. The summed E-state index contributed by atoms with van der Waals surface area (Å²) in [6.45, 7) is 9.08. The molecule has 0 radical (unpaired) electrons. The second-order valence-electron chi connectivity index (χ2n) is 5.83. The SMILES string of the molecule is CCCC1NC(C(C)C)C=CC1OCC1NCCO1. The quantitative estimate of drug-likeness (QED) is 0.719. The van der Waals surface area contributed by atoms with Crippen molar-refractivity contribution < 1.29 is 9.47 Å². The summed E-state index contributed by atoms with van der Waals surface area (Å²) in [5, 5.41) is 6.98. The molecule has 4 heteroatoms. The van der Waals surface area contributed by atoms with Crippen LogP contribution >= 0.6 is 0 Å². The predicted molar refractivity (Wildman–Crippen MR) is 77.1 cm³/mol. The zero-order valence-electron chi connectivity index (χ0n) is 12.4. The summed E-state index contributed by atoms with van der Waals surface area (Å²) in [6, 6.07) is 0.890. The summed E-state index contributed by atoms with van der Waals surface area (Å²) in [6.07, 6.45) is 7.05. The Hall–Kier alpha value is -0.420. The van der Waals surface area contributed by atoms with Crippen LogP contribution in [-0.2, 0) is 9.47 Å². The van der Waals surface area contributed by atoms with E-state index in [0.29, 0.717) is 24.6 Å². The van der Waals surface area contributed by atoms with Crippen molar-refractivity contribution in [1.82, 2.24) is 10.6 Å². The van der Waals surface area contributed by atoms with E-state index in [1.807, 2.05) is 0 Å². The third-order valence-corrected chi connectivity index (χ3v) is 3.86. The van der Waals surface area contributed by atoms with E-state index in [2.05, 4.69) is 43.6 Å². The van der Waals surface area contributed by atoms with Crippen LogP contribution in [0, 0.1) is 5.92 Å². The molecule has 0 spiro atoms. The maximum Gasteiger partial charge on any atom is 0.131 e. The summed E-state index contributed by atoms with van der Waals surface area (Å²) < 4.78 is 11.5. The highest BCUT2D eigenvalue weighted by Gasteiger charge is 2.28. The van der Waals surface area contributed by atoms with Gasteiger partial charge in [-0.2, -0.15) is 0 Å². The monoisotopic (exact) mass is 268 g/mol. The van der Waals surface area contributed by atoms with E-state index >= 15 is 0 Å². The van der Waals surface area contributed by atoms with Gasteiger partial charge in [-0.1, -0.05) is 39.3 Å². The third-order valence-electron chi connectivity index (χ3n) is 3.86. The van der Waals surface area contributed by atoms with Crippen LogP contribution in [0.5, 0.6) is 0 Å². The first-order valence-corrected chi connectivity index (χ1v) is 7.61. The summed E-state index contributed by atoms with van der Waals surface area (Å²) in [5.41, 5.74) is 0. The molecule has 2 rings (SSSR count). The van der Waals surface area contributed by atoms with Crippen LogP contribution in [0.1, 0.15) is 33.6 Å². The van der Waals surface area contributed by atoms with Crippen LogP contribution < -0.4 is 10.6 Å². The molecule has 1 saturated heterocycles. The highest BCUT2D eigenvalue weighted by atomic mass is 16.6. The van der Waals surface area contributed by atoms with E-state index in [1.165, 1.54) is 6.42 Å². The smallest absolute Gasteiger partial charge is 0.131 e. The largest absolute Gasteiger partial charge is 0.368 e. The van der Waals surface area contributed by atoms with Crippen LogP contribution in [0.2, 0.25) is 0 Å². The Morgan fingerprint density at radius 3 is 2.84 bits per heavy atom. The van der Waals surface area contributed by atoms with Crippen molar-refractivity contribution in [3.63, 3.8) is 0 Å². The molecule has 0 aromatic heterocycles. The average Bonchev–Trinajstić information content (AvgIpc) is 2.90. The maximum absolute atomic E-state index is 6.02. The lowest BCUT2D eigenvalue weighted by Gasteiger charge is -2.35. The normalized spacial score (nSPS) is 35.2. The van der Waals surface area contributed by atoms with Crippen LogP contribution in [-0.4, -0.2) is 44.2 Å². The molecule has 0 aliphatic carbocycles. The van der Waals surface area contributed by atoms with Gasteiger partial charge in [0.2, 0.25) is 0 Å². The molecule has 0 saturated carbocycles. The van der Waals surface area contributed by atoms with E-state index in [4.69, 9.17) is 9.47 Å². The Kier molecular flexibility index (Phi) is 5.82. The summed E-state index contributed by atoms with van der Waals surface area (Å²) in [4.78, 5) is 0. The minimum Gasteiger partial charge on any atom is -0.368 e. The highest BCUT2D eigenvalue weighted by molar-refractivity contribution is 5.08. The first kappa shape index (κ1) is 15.0. The van der Waals surface area contributed by atoms with Gasteiger partial charge in [0.05, 0.1) is 19.3 Å². The van der Waals surface area contributed by atoms with Crippen LogP contribution in [0.15, 0.2) is 12.2 Å². The fraction of sp³-hybridized carbons (Fsp3) is 0.867. The third kappa shape index (κ3) is 4.28. The highest BCUT2D eigenvalue weighted by Crippen LogP contribution is 2.18. The van der Waals surface area contributed by atoms with E-state index in [9.17, 15) is 0 Å². The van der Waals surface area contributed by atoms with Gasteiger partial charge < -0.3 is 14.8 Å². The molecule has 0 aromatic rings. The molecule has 0 aromatic carbocycles. The second-order valence-corrected chi connectivity index (χ2v) is 5.83. The molecular weight excluding hydrogens is 240 g/mol. The molecule has 110 valence electrons. The Balaban J connectivity index is 1.86. The van der Waals surface area contributed by atoms with Gasteiger partial charge in [-0.15, -0.1) is 0 Å². The van der Waals surface area contributed by atoms with Gasteiger partial charge in [-0.3, -0.25) is 5.32 Å². The van der Waals surface area contributed by atoms with Gasteiger partial charge in [0.25, 0.3) is 0 Å². The topological polar surface area (TPSA) is 42.5 Å². The molecule has 2 heterocycles. The molecule has 2 N–H and O–H groups in total. The lowest BCUT2D eigenvalue weighted by atomic mass is 9.93. The van der Waals surface area contributed by atoms with Crippen molar-refractivity contribution in [1.29, 1.82) is 0 Å². The zero-order chi connectivity index (χ0) is 13.7. The standard InChI is InChI=1S/C15H28N2O2/c1-4-5-13-14(7-6-12(17-13)11(2)3)19-10-15-16-8-9-18-15/h6-7,11-17H,4-5,8-10H2,1-3H3. The Bertz CT molecular complexity index is 288. The number of nitrogens with one attached hydrogen (secondary N) is 2. The van der Waals surface area contributed by atoms with Gasteiger partial charge in [0.1, 0.15) is 6.23 Å². The average molecular weight is 268 g/mol. The van der Waals surface area contributed by atoms with Crippen LogP contribution in [0.4, 0.5) is 0 Å². The molecule has 0 amide bonds. The lowest BCUT2D eigenvalue weighted by molar-refractivity contribution is -0.0267. The molecular formula is C15H28N2O2. The molecule has 0 bridgehead atoms. The first-order chi connectivity index (χ1) is 9.20. The predicted octanol–water partition coefficient (Wildman–Crippen LogP) is 1.67. The van der Waals surface area contributed by atoms with E-state index < -0.39 is 0 Å². The van der Waals surface area contributed by atoms with Gasteiger partial charge in [-0.05, 0) is 12.3 Å². The van der Waals surface area contributed by atoms with Gasteiger partial charge in [0, 0.05) is 18.6 Å². The van der Waals surface area contributed by atoms with Crippen molar-refractivity contribution in [3.8, 4) is 0 Å². The fourth-order valence-corrected chi connectivity index (χ4v) is 2.69. The first-order valence-electron chi connectivity index (χ1n) is 7.61. The molecule has 4 unspecified atom stereocenters. The van der Waals surface area contributed by atoms with Crippen molar-refractivity contribution >= 4 is 0 Å².